The Morgan fingerprint density at radius 3 is 2.31 bits per heavy atom. The van der Waals surface area contributed by atoms with Crippen molar-refractivity contribution < 1.29 is 13.2 Å². The summed E-state index contributed by atoms with van der Waals surface area (Å²) in [6, 6.07) is -0.549. The number of sulfonamides is 1. The molecule has 1 saturated heterocycles. The maximum absolute atomic E-state index is 11.6. The molecule has 1 rings (SSSR count). The van der Waals surface area contributed by atoms with E-state index >= 15 is 0 Å². The van der Waals surface area contributed by atoms with Gasteiger partial charge in [0.25, 0.3) is 0 Å². The lowest BCUT2D eigenvalue weighted by Crippen LogP contribution is -2.50. The number of nitrogens with two attached hydrogens (primary N) is 1. The molecule has 7 heteroatoms. The van der Waals surface area contributed by atoms with E-state index in [0.717, 1.165) is 6.26 Å². The van der Waals surface area contributed by atoms with E-state index < -0.39 is 16.1 Å². The number of carbonyl (C=O) groups excluding carboxylic acids is 1. The molecule has 0 spiro atoms. The van der Waals surface area contributed by atoms with Crippen LogP contribution in [0.3, 0.4) is 0 Å². The highest BCUT2D eigenvalue weighted by Crippen LogP contribution is 2.11. The summed E-state index contributed by atoms with van der Waals surface area (Å²) in [6.07, 6.45) is 2.43. The summed E-state index contributed by atoms with van der Waals surface area (Å²) in [5, 5.41) is 0. The quantitative estimate of drug-likeness (QED) is 0.662. The van der Waals surface area contributed by atoms with E-state index in [9.17, 15) is 13.2 Å². The van der Waals surface area contributed by atoms with Crippen molar-refractivity contribution >= 4 is 15.9 Å². The van der Waals surface area contributed by atoms with Crippen molar-refractivity contribution in [1.29, 1.82) is 0 Å². The first-order chi connectivity index (χ1) is 7.29. The Labute approximate surface area is 96.2 Å². The maximum Gasteiger partial charge on any atom is 0.239 e. The molecule has 6 nitrogen and oxygen atoms in total. The molecule has 0 aromatic heterocycles. The number of hydrogen-bond donors (Lipinski definition) is 2. The van der Waals surface area contributed by atoms with E-state index in [1.165, 1.54) is 0 Å². The van der Waals surface area contributed by atoms with Crippen LogP contribution >= 0.6 is 0 Å². The van der Waals surface area contributed by atoms with Crippen LogP contribution in [0.15, 0.2) is 0 Å². The number of amides is 1. The van der Waals surface area contributed by atoms with Crippen molar-refractivity contribution in [2.45, 2.75) is 31.8 Å². The Morgan fingerprint density at radius 1 is 1.44 bits per heavy atom. The fourth-order valence-corrected chi connectivity index (χ4v) is 2.65. The molecule has 1 amide bonds. The zero-order chi connectivity index (χ0) is 12.3. The standard InChI is InChI=1S/C9H19N3O3S/c1-7(10)9(13)12-5-3-8(4-6-12)11-16(2,14)15/h7-8,11H,3-6,10H2,1-2H3/t7-/m0/s1. The first kappa shape index (κ1) is 13.4. The summed E-state index contributed by atoms with van der Waals surface area (Å²) in [5.74, 6) is -0.0715. The summed E-state index contributed by atoms with van der Waals surface area (Å²) < 4.78 is 24.6. The molecule has 1 aliphatic rings. The van der Waals surface area contributed by atoms with Gasteiger partial charge in [0.2, 0.25) is 15.9 Å². The van der Waals surface area contributed by atoms with Crippen molar-refractivity contribution in [3.05, 3.63) is 0 Å². The van der Waals surface area contributed by atoms with E-state index in [4.69, 9.17) is 5.73 Å². The molecule has 1 aliphatic heterocycles. The molecule has 0 aromatic carbocycles. The molecule has 94 valence electrons. The zero-order valence-electron chi connectivity index (χ0n) is 9.64. The number of hydrogen-bond acceptors (Lipinski definition) is 4. The Morgan fingerprint density at radius 2 is 1.94 bits per heavy atom. The van der Waals surface area contributed by atoms with Gasteiger partial charge in [-0.2, -0.15) is 0 Å². The van der Waals surface area contributed by atoms with Gasteiger partial charge in [0.05, 0.1) is 12.3 Å². The fourth-order valence-electron chi connectivity index (χ4n) is 1.81. The third-order valence-electron chi connectivity index (χ3n) is 2.58. The summed E-state index contributed by atoms with van der Waals surface area (Å²) in [7, 11) is -3.16. The van der Waals surface area contributed by atoms with Crippen molar-refractivity contribution in [1.82, 2.24) is 9.62 Å². The van der Waals surface area contributed by atoms with E-state index in [1.807, 2.05) is 0 Å². The van der Waals surface area contributed by atoms with Gasteiger partial charge >= 0.3 is 0 Å². The minimum Gasteiger partial charge on any atom is -0.341 e. The van der Waals surface area contributed by atoms with Crippen LogP contribution in [0.5, 0.6) is 0 Å². The van der Waals surface area contributed by atoms with Crippen LogP contribution < -0.4 is 10.5 Å². The largest absolute Gasteiger partial charge is 0.341 e. The van der Waals surface area contributed by atoms with Gasteiger partial charge in [0, 0.05) is 19.1 Å². The van der Waals surface area contributed by atoms with E-state index in [2.05, 4.69) is 4.72 Å². The zero-order valence-corrected chi connectivity index (χ0v) is 10.5. The number of piperidine rings is 1. The monoisotopic (exact) mass is 249 g/mol. The number of rotatable bonds is 3. The lowest BCUT2D eigenvalue weighted by atomic mass is 10.1. The Bertz CT molecular complexity index is 345. The van der Waals surface area contributed by atoms with E-state index in [-0.39, 0.29) is 11.9 Å². The average molecular weight is 249 g/mol. The van der Waals surface area contributed by atoms with Crippen LogP contribution in [0, 0.1) is 0 Å². The molecule has 1 fully saturated rings. The van der Waals surface area contributed by atoms with Crippen molar-refractivity contribution in [2.75, 3.05) is 19.3 Å². The van der Waals surface area contributed by atoms with Crippen LogP contribution in [0.1, 0.15) is 19.8 Å². The second-order valence-corrected chi connectivity index (χ2v) is 6.06. The predicted molar refractivity (Wildman–Crippen MR) is 61.2 cm³/mol. The van der Waals surface area contributed by atoms with Crippen molar-refractivity contribution in [3.63, 3.8) is 0 Å². The normalized spacial score (nSPS) is 20.8. The summed E-state index contributed by atoms with van der Waals surface area (Å²) in [4.78, 5) is 13.2. The van der Waals surface area contributed by atoms with Gasteiger partial charge in [-0.25, -0.2) is 13.1 Å². The van der Waals surface area contributed by atoms with Gasteiger partial charge in [-0.1, -0.05) is 0 Å². The molecule has 0 saturated carbocycles. The molecule has 0 aromatic rings. The highest BCUT2D eigenvalue weighted by atomic mass is 32.2. The van der Waals surface area contributed by atoms with Crippen LogP contribution in [-0.4, -0.2) is 50.7 Å². The van der Waals surface area contributed by atoms with Crippen LogP contribution in [0.4, 0.5) is 0 Å². The minimum absolute atomic E-state index is 0.0628. The molecule has 3 N–H and O–H groups in total. The van der Waals surface area contributed by atoms with Crippen molar-refractivity contribution in [3.8, 4) is 0 Å². The first-order valence-electron chi connectivity index (χ1n) is 5.31. The topological polar surface area (TPSA) is 92.5 Å². The van der Waals surface area contributed by atoms with Gasteiger partial charge in [0.15, 0.2) is 0 Å². The van der Waals surface area contributed by atoms with E-state index in [0.29, 0.717) is 25.9 Å². The smallest absolute Gasteiger partial charge is 0.239 e. The molecule has 1 atom stereocenters. The third kappa shape index (κ3) is 4.07. The van der Waals surface area contributed by atoms with Gasteiger partial charge < -0.3 is 10.6 Å². The summed E-state index contributed by atoms with van der Waals surface area (Å²) in [5.41, 5.74) is 5.50. The molecule has 1 heterocycles. The lowest BCUT2D eigenvalue weighted by Gasteiger charge is -2.32. The van der Waals surface area contributed by atoms with Gasteiger partial charge in [-0.3, -0.25) is 4.79 Å². The van der Waals surface area contributed by atoms with Crippen molar-refractivity contribution in [2.24, 2.45) is 5.73 Å². The summed E-state index contributed by atoms with van der Waals surface area (Å²) in [6.45, 7) is 2.78. The van der Waals surface area contributed by atoms with Crippen LogP contribution in [0.25, 0.3) is 0 Å². The Kier molecular flexibility index (Phi) is 4.28. The molecular formula is C9H19N3O3S. The van der Waals surface area contributed by atoms with Crippen LogP contribution in [0.2, 0.25) is 0 Å². The first-order valence-corrected chi connectivity index (χ1v) is 7.20. The fraction of sp³-hybridized carbons (Fsp3) is 0.889. The Hall–Kier alpha value is -0.660. The number of carbonyl (C=O) groups is 1. The SMILES string of the molecule is C[C@H](N)C(=O)N1CCC(NS(C)(=O)=O)CC1. The molecule has 0 radical (unpaired) electrons. The number of nitrogens with one attached hydrogen (secondary N) is 1. The molecule has 16 heavy (non-hydrogen) atoms. The lowest BCUT2D eigenvalue weighted by molar-refractivity contribution is -0.133. The third-order valence-corrected chi connectivity index (χ3v) is 3.34. The maximum atomic E-state index is 11.6. The molecular weight excluding hydrogens is 230 g/mol. The minimum atomic E-state index is -3.16. The van der Waals surface area contributed by atoms with Gasteiger partial charge in [0.1, 0.15) is 0 Å². The molecule has 0 bridgehead atoms. The van der Waals surface area contributed by atoms with Gasteiger partial charge in [-0.15, -0.1) is 0 Å². The number of nitrogens with zero attached hydrogens (tertiary/aromatic N) is 1. The highest BCUT2D eigenvalue weighted by Gasteiger charge is 2.25. The van der Waals surface area contributed by atoms with E-state index in [1.54, 1.807) is 11.8 Å². The second-order valence-electron chi connectivity index (χ2n) is 4.28. The average Bonchev–Trinajstić information content (AvgIpc) is 2.15. The van der Waals surface area contributed by atoms with Gasteiger partial charge in [-0.05, 0) is 19.8 Å². The summed E-state index contributed by atoms with van der Waals surface area (Å²) >= 11 is 0. The number of likely N-dealkylation sites (tertiary alicyclic amines) is 1. The second kappa shape index (κ2) is 5.11. The Balaban J connectivity index is 2.43. The highest BCUT2D eigenvalue weighted by molar-refractivity contribution is 7.88. The van der Waals surface area contributed by atoms with Crippen LogP contribution in [-0.2, 0) is 14.8 Å². The molecule has 0 unspecified atom stereocenters. The predicted octanol–water partition coefficient (Wildman–Crippen LogP) is -1.13. The molecule has 0 aliphatic carbocycles.